The zero-order valence-electron chi connectivity index (χ0n) is 12.1. The van der Waals surface area contributed by atoms with Crippen molar-refractivity contribution >= 4 is 11.0 Å². The number of fused-ring (bicyclic) bond motifs is 1. The Balaban J connectivity index is 2.16. The van der Waals surface area contributed by atoms with Gasteiger partial charge in [-0.1, -0.05) is 41.5 Å². The lowest BCUT2D eigenvalue weighted by molar-refractivity contribution is 0.735. The predicted molar refractivity (Wildman–Crippen MR) is 82.2 cm³/mol. The summed E-state index contributed by atoms with van der Waals surface area (Å²) in [6, 6.07) is 14.3. The molecule has 0 aliphatic carbocycles. The van der Waals surface area contributed by atoms with Gasteiger partial charge in [0.2, 0.25) is 0 Å². The first-order valence-electron chi connectivity index (χ1n) is 6.77. The van der Waals surface area contributed by atoms with E-state index in [2.05, 4.69) is 32.0 Å². The third-order valence-corrected chi connectivity index (χ3v) is 3.67. The Morgan fingerprint density at radius 2 is 1.55 bits per heavy atom. The Morgan fingerprint density at radius 3 is 2.20 bits per heavy atom. The Morgan fingerprint density at radius 1 is 0.950 bits per heavy atom. The number of hydrogen-bond donors (Lipinski definition) is 0. The lowest BCUT2D eigenvalue weighted by Crippen LogP contribution is -2.22. The molecule has 3 heteroatoms. The van der Waals surface area contributed by atoms with Crippen molar-refractivity contribution in [1.82, 2.24) is 9.13 Å². The summed E-state index contributed by atoms with van der Waals surface area (Å²) < 4.78 is 3.54. The second-order valence-corrected chi connectivity index (χ2v) is 5.41. The van der Waals surface area contributed by atoms with Gasteiger partial charge in [0.05, 0.1) is 17.6 Å². The molecule has 0 atom stereocenters. The largest absolute Gasteiger partial charge is 0.329 e. The Labute approximate surface area is 118 Å². The fraction of sp³-hybridized carbons (Fsp3) is 0.235. The first-order valence-corrected chi connectivity index (χ1v) is 6.77. The third-order valence-electron chi connectivity index (χ3n) is 3.67. The second kappa shape index (κ2) is 4.67. The van der Waals surface area contributed by atoms with Crippen LogP contribution in [0.15, 0.2) is 47.3 Å². The van der Waals surface area contributed by atoms with Gasteiger partial charge in [-0.3, -0.25) is 9.13 Å². The average Bonchev–Trinajstić information content (AvgIpc) is 2.64. The molecule has 0 fully saturated rings. The normalized spacial score (nSPS) is 11.2. The van der Waals surface area contributed by atoms with Crippen molar-refractivity contribution in [1.29, 1.82) is 0 Å². The quantitative estimate of drug-likeness (QED) is 0.700. The highest BCUT2D eigenvalue weighted by molar-refractivity contribution is 5.75. The fourth-order valence-corrected chi connectivity index (χ4v) is 2.86. The average molecular weight is 266 g/mol. The highest BCUT2D eigenvalue weighted by Crippen LogP contribution is 2.15. The van der Waals surface area contributed by atoms with Gasteiger partial charge < -0.3 is 0 Å². The molecule has 0 radical (unpaired) electrons. The highest BCUT2D eigenvalue weighted by atomic mass is 16.1. The third kappa shape index (κ3) is 2.05. The van der Waals surface area contributed by atoms with Crippen LogP contribution in [-0.4, -0.2) is 9.13 Å². The number of para-hydroxylation sites is 2. The molecule has 0 amide bonds. The SMILES string of the molecule is Cc1cc(C)cc(Cn2c(=O)n(C)c3ccccc32)c1. The molecule has 0 spiro atoms. The van der Waals surface area contributed by atoms with E-state index < -0.39 is 0 Å². The van der Waals surface area contributed by atoms with Crippen LogP contribution < -0.4 is 5.69 Å². The second-order valence-electron chi connectivity index (χ2n) is 5.41. The van der Waals surface area contributed by atoms with Gasteiger partial charge in [0.25, 0.3) is 0 Å². The van der Waals surface area contributed by atoms with Crippen LogP contribution in [0.4, 0.5) is 0 Å². The van der Waals surface area contributed by atoms with Crippen LogP contribution in [0, 0.1) is 13.8 Å². The maximum atomic E-state index is 12.4. The Kier molecular flexibility index (Phi) is 2.97. The molecule has 3 nitrogen and oxygen atoms in total. The van der Waals surface area contributed by atoms with Crippen molar-refractivity contribution in [2.75, 3.05) is 0 Å². The number of benzene rings is 2. The predicted octanol–water partition coefficient (Wildman–Crippen LogP) is 3.01. The fourth-order valence-electron chi connectivity index (χ4n) is 2.86. The van der Waals surface area contributed by atoms with Crippen molar-refractivity contribution < 1.29 is 0 Å². The van der Waals surface area contributed by atoms with E-state index in [1.165, 1.54) is 16.7 Å². The maximum absolute atomic E-state index is 12.4. The van der Waals surface area contributed by atoms with Gasteiger partial charge in [-0.25, -0.2) is 4.79 Å². The maximum Gasteiger partial charge on any atom is 0.329 e. The zero-order chi connectivity index (χ0) is 14.3. The molecule has 3 rings (SSSR count). The van der Waals surface area contributed by atoms with Crippen LogP contribution >= 0.6 is 0 Å². The van der Waals surface area contributed by atoms with Crippen molar-refractivity contribution in [3.8, 4) is 0 Å². The van der Waals surface area contributed by atoms with E-state index in [-0.39, 0.29) is 5.69 Å². The number of hydrogen-bond acceptors (Lipinski definition) is 1. The lowest BCUT2D eigenvalue weighted by Gasteiger charge is -2.06. The van der Waals surface area contributed by atoms with Crippen LogP contribution in [0.2, 0.25) is 0 Å². The summed E-state index contributed by atoms with van der Waals surface area (Å²) in [6.45, 7) is 4.79. The number of nitrogens with zero attached hydrogens (tertiary/aromatic N) is 2. The van der Waals surface area contributed by atoms with E-state index in [1.54, 1.807) is 4.57 Å². The van der Waals surface area contributed by atoms with E-state index in [4.69, 9.17) is 0 Å². The van der Waals surface area contributed by atoms with Gasteiger partial charge in [0.1, 0.15) is 0 Å². The highest BCUT2D eigenvalue weighted by Gasteiger charge is 2.10. The summed E-state index contributed by atoms with van der Waals surface area (Å²) in [5.74, 6) is 0. The zero-order valence-corrected chi connectivity index (χ0v) is 12.1. The van der Waals surface area contributed by atoms with E-state index in [0.29, 0.717) is 6.54 Å². The molecule has 0 N–H and O–H groups in total. The molecule has 0 aliphatic heterocycles. The molecule has 0 bridgehead atoms. The first-order chi connectivity index (χ1) is 9.56. The van der Waals surface area contributed by atoms with Crippen molar-refractivity contribution in [3.05, 3.63) is 69.6 Å². The van der Waals surface area contributed by atoms with Crippen molar-refractivity contribution in [3.63, 3.8) is 0 Å². The molecular formula is C17H18N2O. The van der Waals surface area contributed by atoms with Gasteiger partial charge in [-0.2, -0.15) is 0 Å². The van der Waals surface area contributed by atoms with Crippen LogP contribution in [0.5, 0.6) is 0 Å². The molecule has 1 aromatic heterocycles. The monoisotopic (exact) mass is 266 g/mol. The summed E-state index contributed by atoms with van der Waals surface area (Å²) in [5, 5.41) is 0. The van der Waals surface area contributed by atoms with Crippen LogP contribution in [0.3, 0.4) is 0 Å². The van der Waals surface area contributed by atoms with Gasteiger partial charge in [-0.15, -0.1) is 0 Å². The minimum atomic E-state index is 0.0327. The molecule has 0 aliphatic rings. The molecular weight excluding hydrogens is 248 g/mol. The van der Waals surface area contributed by atoms with E-state index in [0.717, 1.165) is 11.0 Å². The molecule has 20 heavy (non-hydrogen) atoms. The van der Waals surface area contributed by atoms with Gasteiger partial charge in [0.15, 0.2) is 0 Å². The first kappa shape index (κ1) is 12.7. The smallest absolute Gasteiger partial charge is 0.295 e. The number of rotatable bonds is 2. The van der Waals surface area contributed by atoms with Crippen molar-refractivity contribution in [2.45, 2.75) is 20.4 Å². The minimum absolute atomic E-state index is 0.0327. The van der Waals surface area contributed by atoms with E-state index >= 15 is 0 Å². The van der Waals surface area contributed by atoms with Gasteiger partial charge in [0, 0.05) is 7.05 Å². The molecule has 3 aromatic rings. The minimum Gasteiger partial charge on any atom is -0.295 e. The van der Waals surface area contributed by atoms with Gasteiger partial charge in [-0.05, 0) is 31.5 Å². The molecule has 2 aromatic carbocycles. The summed E-state index contributed by atoms with van der Waals surface area (Å²) in [7, 11) is 1.82. The van der Waals surface area contributed by atoms with Gasteiger partial charge >= 0.3 is 5.69 Å². The van der Waals surface area contributed by atoms with Crippen LogP contribution in [-0.2, 0) is 13.6 Å². The summed E-state index contributed by atoms with van der Waals surface area (Å²) >= 11 is 0. The Bertz CT molecular complexity index is 820. The molecule has 0 unspecified atom stereocenters. The Hall–Kier alpha value is -2.29. The summed E-state index contributed by atoms with van der Waals surface area (Å²) in [6.07, 6.45) is 0. The molecule has 0 saturated heterocycles. The van der Waals surface area contributed by atoms with Crippen molar-refractivity contribution in [2.24, 2.45) is 7.05 Å². The van der Waals surface area contributed by atoms with Crippen LogP contribution in [0.1, 0.15) is 16.7 Å². The molecule has 102 valence electrons. The molecule has 0 saturated carbocycles. The number of imidazole rings is 1. The van der Waals surface area contributed by atoms with E-state index in [1.807, 2.05) is 35.9 Å². The van der Waals surface area contributed by atoms with E-state index in [9.17, 15) is 4.79 Å². The summed E-state index contributed by atoms with van der Waals surface area (Å²) in [5.41, 5.74) is 5.62. The standard InChI is InChI=1S/C17H18N2O/c1-12-8-13(2)10-14(9-12)11-19-16-7-5-4-6-15(16)18(3)17(19)20/h4-10H,11H2,1-3H3. The topological polar surface area (TPSA) is 26.9 Å². The lowest BCUT2D eigenvalue weighted by atomic mass is 10.1. The number of aromatic nitrogens is 2. The summed E-state index contributed by atoms with van der Waals surface area (Å²) in [4.78, 5) is 12.4. The van der Waals surface area contributed by atoms with Crippen LogP contribution in [0.25, 0.3) is 11.0 Å². The number of aryl methyl sites for hydroxylation is 3. The molecule has 1 heterocycles.